The van der Waals surface area contributed by atoms with E-state index in [1.165, 1.54) is 5.39 Å². The lowest BCUT2D eigenvalue weighted by molar-refractivity contribution is 0.0787. The highest BCUT2D eigenvalue weighted by Gasteiger charge is 2.16. The number of benzene rings is 1. The first-order valence-corrected chi connectivity index (χ1v) is 4.76. The van der Waals surface area contributed by atoms with Crippen molar-refractivity contribution < 1.29 is 5.11 Å². The Bertz CT molecular complexity index is 463. The largest absolute Gasteiger partial charge is 0.386 e. The molecule has 1 aromatic heterocycles. The quantitative estimate of drug-likeness (QED) is 0.732. The predicted octanol–water partition coefficient (Wildman–Crippen LogP) is 2.41. The molecule has 0 radical (unpaired) electrons. The first-order valence-electron chi connectivity index (χ1n) is 4.76. The Morgan fingerprint density at radius 2 is 1.93 bits per heavy atom. The summed E-state index contributed by atoms with van der Waals surface area (Å²) >= 11 is 0. The smallest absolute Gasteiger partial charge is 0.0841 e. The summed E-state index contributed by atoms with van der Waals surface area (Å²) in [6.07, 6.45) is 2.03. The Morgan fingerprint density at radius 3 is 2.57 bits per heavy atom. The van der Waals surface area contributed by atoms with Crippen LogP contribution in [0.3, 0.4) is 0 Å². The van der Waals surface area contributed by atoms with E-state index in [1.807, 2.05) is 31.4 Å². The van der Waals surface area contributed by atoms with Gasteiger partial charge in [-0.05, 0) is 36.9 Å². The van der Waals surface area contributed by atoms with Gasteiger partial charge in [-0.15, -0.1) is 0 Å². The normalized spacial score (nSPS) is 12.3. The highest BCUT2D eigenvalue weighted by molar-refractivity contribution is 5.80. The minimum Gasteiger partial charge on any atom is -0.386 e. The number of hydrogen-bond donors (Lipinski definition) is 1. The summed E-state index contributed by atoms with van der Waals surface area (Å²) in [6, 6.07) is 8.13. The third kappa shape index (κ3) is 1.42. The minimum atomic E-state index is -0.765. The molecule has 0 fully saturated rings. The van der Waals surface area contributed by atoms with Crippen molar-refractivity contribution in [3.63, 3.8) is 0 Å². The summed E-state index contributed by atoms with van der Waals surface area (Å²) in [6.45, 7) is 3.61. The van der Waals surface area contributed by atoms with Gasteiger partial charge in [0.25, 0.3) is 0 Å². The molecule has 2 heteroatoms. The van der Waals surface area contributed by atoms with Gasteiger partial charge in [0.2, 0.25) is 0 Å². The fourth-order valence-electron chi connectivity index (χ4n) is 1.64. The van der Waals surface area contributed by atoms with Gasteiger partial charge in [0.15, 0.2) is 0 Å². The minimum absolute atomic E-state index is 0.765. The van der Waals surface area contributed by atoms with E-state index in [9.17, 15) is 5.11 Å². The van der Waals surface area contributed by atoms with Crippen LogP contribution in [0.15, 0.2) is 30.5 Å². The van der Waals surface area contributed by atoms with Crippen LogP contribution in [-0.2, 0) is 12.6 Å². The number of rotatable bonds is 1. The van der Waals surface area contributed by atoms with Crippen molar-refractivity contribution in [1.82, 2.24) is 4.57 Å². The number of nitrogens with zero attached hydrogens (tertiary/aromatic N) is 1. The van der Waals surface area contributed by atoms with Gasteiger partial charge in [0.05, 0.1) is 5.60 Å². The van der Waals surface area contributed by atoms with Crippen LogP contribution in [-0.4, -0.2) is 9.67 Å². The molecule has 0 aliphatic rings. The second-order valence-electron chi connectivity index (χ2n) is 4.26. The van der Waals surface area contributed by atoms with Gasteiger partial charge in [0.1, 0.15) is 0 Å². The van der Waals surface area contributed by atoms with E-state index >= 15 is 0 Å². The van der Waals surface area contributed by atoms with Gasteiger partial charge in [-0.1, -0.05) is 12.1 Å². The average Bonchev–Trinajstić information content (AvgIpc) is 2.46. The van der Waals surface area contributed by atoms with E-state index in [2.05, 4.69) is 10.6 Å². The third-order valence-electron chi connectivity index (χ3n) is 2.59. The van der Waals surface area contributed by atoms with Gasteiger partial charge in [-0.3, -0.25) is 0 Å². The molecule has 0 saturated carbocycles. The lowest BCUT2D eigenvalue weighted by Gasteiger charge is -2.17. The van der Waals surface area contributed by atoms with Crippen molar-refractivity contribution in [3.8, 4) is 0 Å². The Morgan fingerprint density at radius 1 is 1.21 bits per heavy atom. The zero-order valence-corrected chi connectivity index (χ0v) is 8.78. The fourth-order valence-corrected chi connectivity index (χ4v) is 1.64. The molecule has 74 valence electrons. The molecule has 0 bridgehead atoms. The van der Waals surface area contributed by atoms with E-state index in [-0.39, 0.29) is 0 Å². The maximum Gasteiger partial charge on any atom is 0.0841 e. The molecule has 2 rings (SSSR count). The van der Waals surface area contributed by atoms with Gasteiger partial charge >= 0.3 is 0 Å². The number of fused-ring (bicyclic) bond motifs is 1. The van der Waals surface area contributed by atoms with E-state index in [0.29, 0.717) is 0 Å². The molecule has 1 aromatic carbocycles. The standard InChI is InChI=1S/C12H15NO/c1-12(2,14)10-5-4-9-6-7-13(3)11(9)8-10/h4-8,14H,1-3H3. The molecule has 0 spiro atoms. The van der Waals surface area contributed by atoms with E-state index in [1.54, 1.807) is 13.8 Å². The predicted molar refractivity (Wildman–Crippen MR) is 58.2 cm³/mol. The molecule has 1 heterocycles. The first kappa shape index (κ1) is 9.28. The maximum absolute atomic E-state index is 9.87. The molecule has 1 N–H and O–H groups in total. The molecule has 0 saturated heterocycles. The molecule has 0 amide bonds. The zero-order valence-electron chi connectivity index (χ0n) is 8.78. The Hall–Kier alpha value is -1.28. The van der Waals surface area contributed by atoms with E-state index < -0.39 is 5.60 Å². The van der Waals surface area contributed by atoms with Crippen molar-refractivity contribution in [2.24, 2.45) is 7.05 Å². The van der Waals surface area contributed by atoms with E-state index in [4.69, 9.17) is 0 Å². The summed E-state index contributed by atoms with van der Waals surface area (Å²) < 4.78 is 2.06. The zero-order chi connectivity index (χ0) is 10.3. The van der Waals surface area contributed by atoms with Crippen LogP contribution in [0.25, 0.3) is 10.9 Å². The molecule has 14 heavy (non-hydrogen) atoms. The number of aliphatic hydroxyl groups is 1. The lowest BCUT2D eigenvalue weighted by atomic mass is 9.97. The fraction of sp³-hybridized carbons (Fsp3) is 0.333. The Balaban J connectivity index is 2.66. The lowest BCUT2D eigenvalue weighted by Crippen LogP contribution is -2.15. The van der Waals surface area contributed by atoms with Crippen LogP contribution in [0.1, 0.15) is 19.4 Å². The van der Waals surface area contributed by atoms with Crippen molar-refractivity contribution in [2.45, 2.75) is 19.4 Å². The van der Waals surface area contributed by atoms with Crippen molar-refractivity contribution in [1.29, 1.82) is 0 Å². The van der Waals surface area contributed by atoms with Gasteiger partial charge in [-0.25, -0.2) is 0 Å². The highest BCUT2D eigenvalue weighted by Crippen LogP contribution is 2.24. The van der Waals surface area contributed by atoms with Crippen molar-refractivity contribution in [2.75, 3.05) is 0 Å². The number of hydrogen-bond acceptors (Lipinski definition) is 1. The highest BCUT2D eigenvalue weighted by atomic mass is 16.3. The van der Waals surface area contributed by atoms with Crippen LogP contribution in [0.4, 0.5) is 0 Å². The molecule has 0 atom stereocenters. The topological polar surface area (TPSA) is 25.2 Å². The Labute approximate surface area is 83.8 Å². The molecular formula is C12H15NO. The van der Waals surface area contributed by atoms with E-state index in [0.717, 1.165) is 11.1 Å². The maximum atomic E-state index is 9.87. The van der Waals surface area contributed by atoms with Crippen LogP contribution in [0, 0.1) is 0 Å². The average molecular weight is 189 g/mol. The van der Waals surface area contributed by atoms with Crippen LogP contribution in [0.5, 0.6) is 0 Å². The summed E-state index contributed by atoms with van der Waals surface area (Å²) in [5.41, 5.74) is 1.34. The number of aryl methyl sites for hydroxylation is 1. The first-order chi connectivity index (χ1) is 6.48. The summed E-state index contributed by atoms with van der Waals surface area (Å²) in [5, 5.41) is 11.1. The van der Waals surface area contributed by atoms with Crippen LogP contribution in [0.2, 0.25) is 0 Å². The Kier molecular flexibility index (Phi) is 1.89. The molecular weight excluding hydrogens is 174 g/mol. The SMILES string of the molecule is Cn1ccc2ccc(C(C)(C)O)cc21. The van der Waals surface area contributed by atoms with Crippen molar-refractivity contribution >= 4 is 10.9 Å². The molecule has 0 aliphatic carbocycles. The summed E-state index contributed by atoms with van der Waals surface area (Å²) in [7, 11) is 2.01. The summed E-state index contributed by atoms with van der Waals surface area (Å²) in [4.78, 5) is 0. The third-order valence-corrected chi connectivity index (χ3v) is 2.59. The summed E-state index contributed by atoms with van der Waals surface area (Å²) in [5.74, 6) is 0. The van der Waals surface area contributed by atoms with Crippen LogP contribution >= 0.6 is 0 Å². The molecule has 0 aliphatic heterocycles. The number of aromatic nitrogens is 1. The van der Waals surface area contributed by atoms with Crippen molar-refractivity contribution in [3.05, 3.63) is 36.0 Å². The van der Waals surface area contributed by atoms with Gasteiger partial charge in [0, 0.05) is 18.8 Å². The molecule has 2 aromatic rings. The van der Waals surface area contributed by atoms with Crippen LogP contribution < -0.4 is 0 Å². The monoisotopic (exact) mass is 189 g/mol. The second-order valence-corrected chi connectivity index (χ2v) is 4.26. The molecule has 2 nitrogen and oxygen atoms in total. The second kappa shape index (κ2) is 2.85. The van der Waals surface area contributed by atoms with Gasteiger partial charge in [-0.2, -0.15) is 0 Å². The molecule has 0 unspecified atom stereocenters. The van der Waals surface area contributed by atoms with Gasteiger partial charge < -0.3 is 9.67 Å².